The van der Waals surface area contributed by atoms with E-state index in [1.165, 1.54) is 0 Å². The normalized spacial score (nSPS) is 10.6. The van der Waals surface area contributed by atoms with Crippen LogP contribution >= 0.6 is 11.6 Å². The van der Waals surface area contributed by atoms with Crippen molar-refractivity contribution in [2.24, 2.45) is 5.18 Å². The van der Waals surface area contributed by atoms with Crippen LogP contribution in [0.5, 0.6) is 5.75 Å². The van der Waals surface area contributed by atoms with Gasteiger partial charge in [0.1, 0.15) is 17.3 Å². The summed E-state index contributed by atoms with van der Waals surface area (Å²) in [5.74, 6) is 1.70. The number of anilines is 2. The van der Waals surface area contributed by atoms with Crippen LogP contribution in [0.4, 0.5) is 17.2 Å². The SMILES string of the molecule is COc1ccc2nc(-c3cccnc3)nc(Nc3cc(N=O)ccc3Cl)c2c1. The Bertz CT molecular complexity index is 1170. The van der Waals surface area contributed by atoms with Crippen LogP contribution in [0.25, 0.3) is 22.3 Å². The first kappa shape index (κ1) is 17.8. The van der Waals surface area contributed by atoms with Gasteiger partial charge in [0.15, 0.2) is 5.82 Å². The van der Waals surface area contributed by atoms with Crippen molar-refractivity contribution in [1.82, 2.24) is 15.0 Å². The largest absolute Gasteiger partial charge is 0.497 e. The fraction of sp³-hybridized carbons (Fsp3) is 0.0500. The van der Waals surface area contributed by atoms with E-state index in [1.54, 1.807) is 37.7 Å². The van der Waals surface area contributed by atoms with Gasteiger partial charge >= 0.3 is 0 Å². The highest BCUT2D eigenvalue weighted by Crippen LogP contribution is 2.33. The average molecular weight is 392 g/mol. The summed E-state index contributed by atoms with van der Waals surface area (Å²) in [6.07, 6.45) is 3.38. The Morgan fingerprint density at radius 2 is 2.00 bits per heavy atom. The predicted octanol–water partition coefficient (Wildman–Crippen LogP) is 5.50. The summed E-state index contributed by atoms with van der Waals surface area (Å²) in [4.78, 5) is 24.3. The van der Waals surface area contributed by atoms with Crippen LogP contribution in [0.3, 0.4) is 0 Å². The van der Waals surface area contributed by atoms with E-state index in [0.29, 0.717) is 28.1 Å². The number of fused-ring (bicyclic) bond motifs is 1. The van der Waals surface area contributed by atoms with E-state index in [1.807, 2.05) is 30.3 Å². The molecule has 0 amide bonds. The van der Waals surface area contributed by atoms with Gasteiger partial charge in [-0.3, -0.25) is 4.98 Å². The molecule has 0 saturated heterocycles. The maximum atomic E-state index is 10.9. The summed E-state index contributed by atoms with van der Waals surface area (Å²) in [7, 11) is 1.59. The Kier molecular flexibility index (Phi) is 4.82. The summed E-state index contributed by atoms with van der Waals surface area (Å²) in [5, 5.41) is 7.33. The van der Waals surface area contributed by atoms with E-state index in [4.69, 9.17) is 16.3 Å². The van der Waals surface area contributed by atoms with Gasteiger partial charge in [0, 0.05) is 23.3 Å². The molecule has 28 heavy (non-hydrogen) atoms. The minimum absolute atomic E-state index is 0.260. The molecule has 0 aliphatic heterocycles. The Morgan fingerprint density at radius 3 is 2.75 bits per heavy atom. The van der Waals surface area contributed by atoms with Crippen LogP contribution in [-0.2, 0) is 0 Å². The predicted molar refractivity (Wildman–Crippen MR) is 110 cm³/mol. The van der Waals surface area contributed by atoms with Gasteiger partial charge in [-0.15, -0.1) is 4.91 Å². The zero-order chi connectivity index (χ0) is 19.5. The molecule has 1 N–H and O–H groups in total. The standard InChI is InChI=1S/C20H14ClN5O2/c1-28-14-5-7-17-15(10-14)20(24-18-9-13(26-27)4-6-16(18)21)25-19(23-17)12-3-2-8-22-11-12/h2-11H,1H3,(H,23,24,25). The molecule has 4 aromatic rings. The number of methoxy groups -OCH3 is 1. The molecule has 8 heteroatoms. The molecule has 2 aromatic heterocycles. The van der Waals surface area contributed by atoms with Gasteiger partial charge in [-0.25, -0.2) is 9.97 Å². The molecule has 4 rings (SSSR count). The van der Waals surface area contributed by atoms with Crippen molar-refractivity contribution in [3.8, 4) is 17.1 Å². The van der Waals surface area contributed by atoms with E-state index in [0.717, 1.165) is 16.5 Å². The number of halogens is 1. The third kappa shape index (κ3) is 3.47. The van der Waals surface area contributed by atoms with Crippen molar-refractivity contribution in [2.45, 2.75) is 0 Å². The first-order valence-corrected chi connectivity index (χ1v) is 8.72. The quantitative estimate of drug-likeness (QED) is 0.452. The fourth-order valence-electron chi connectivity index (χ4n) is 2.75. The van der Waals surface area contributed by atoms with E-state index < -0.39 is 0 Å². The number of ether oxygens (including phenoxy) is 1. The minimum Gasteiger partial charge on any atom is -0.497 e. The molecule has 0 bridgehead atoms. The van der Waals surface area contributed by atoms with Gasteiger partial charge < -0.3 is 10.1 Å². The summed E-state index contributed by atoms with van der Waals surface area (Å²) in [6.45, 7) is 0. The third-order valence-corrected chi connectivity index (χ3v) is 4.46. The number of nitrogens with one attached hydrogen (secondary N) is 1. The van der Waals surface area contributed by atoms with E-state index in [9.17, 15) is 4.91 Å². The monoisotopic (exact) mass is 391 g/mol. The van der Waals surface area contributed by atoms with E-state index in [2.05, 4.69) is 25.4 Å². The number of nitrogens with zero attached hydrogens (tertiary/aromatic N) is 4. The van der Waals surface area contributed by atoms with Gasteiger partial charge in [0.2, 0.25) is 0 Å². The highest BCUT2D eigenvalue weighted by molar-refractivity contribution is 6.33. The van der Waals surface area contributed by atoms with Crippen molar-refractivity contribution >= 4 is 39.7 Å². The second-order valence-corrected chi connectivity index (χ2v) is 6.31. The molecule has 7 nitrogen and oxygen atoms in total. The first-order valence-electron chi connectivity index (χ1n) is 8.34. The molecule has 0 fully saturated rings. The maximum absolute atomic E-state index is 10.9. The number of hydrogen-bond acceptors (Lipinski definition) is 7. The fourth-order valence-corrected chi connectivity index (χ4v) is 2.91. The summed E-state index contributed by atoms with van der Waals surface area (Å²) in [6, 6.07) is 13.9. The molecule has 2 aromatic carbocycles. The number of rotatable bonds is 5. The lowest BCUT2D eigenvalue weighted by Gasteiger charge is -2.13. The van der Waals surface area contributed by atoms with Crippen LogP contribution in [0, 0.1) is 4.91 Å². The first-order chi connectivity index (χ1) is 13.7. The molecule has 0 aliphatic rings. The molecule has 0 atom stereocenters. The van der Waals surface area contributed by atoms with Crippen LogP contribution in [0.2, 0.25) is 5.02 Å². The zero-order valence-electron chi connectivity index (χ0n) is 14.8. The third-order valence-electron chi connectivity index (χ3n) is 4.13. The van der Waals surface area contributed by atoms with Gasteiger partial charge in [0.05, 0.1) is 23.3 Å². The Labute approximate surface area is 165 Å². The number of aromatic nitrogens is 3. The Balaban J connectivity index is 1.90. The van der Waals surface area contributed by atoms with Gasteiger partial charge in [-0.2, -0.15) is 0 Å². The second kappa shape index (κ2) is 7.58. The summed E-state index contributed by atoms with van der Waals surface area (Å²) in [5.41, 5.74) is 2.27. The minimum atomic E-state index is 0.260. The van der Waals surface area contributed by atoms with Crippen molar-refractivity contribution in [3.05, 3.63) is 70.9 Å². The molecule has 0 saturated carbocycles. The number of hydrogen-bond donors (Lipinski definition) is 1. The molecule has 138 valence electrons. The number of nitroso groups, excluding NO2 is 1. The maximum Gasteiger partial charge on any atom is 0.163 e. The molecule has 0 unspecified atom stereocenters. The lowest BCUT2D eigenvalue weighted by molar-refractivity contribution is 0.415. The lowest BCUT2D eigenvalue weighted by Crippen LogP contribution is -2.00. The van der Waals surface area contributed by atoms with Crippen molar-refractivity contribution in [3.63, 3.8) is 0 Å². The summed E-state index contributed by atoms with van der Waals surface area (Å²) >= 11 is 6.29. The van der Waals surface area contributed by atoms with Crippen LogP contribution in [0.1, 0.15) is 0 Å². The van der Waals surface area contributed by atoms with Gasteiger partial charge in [-0.05, 0) is 53.7 Å². The zero-order valence-corrected chi connectivity index (χ0v) is 15.5. The van der Waals surface area contributed by atoms with Crippen molar-refractivity contribution < 1.29 is 4.74 Å². The lowest BCUT2D eigenvalue weighted by atomic mass is 10.2. The molecule has 0 spiro atoms. The van der Waals surface area contributed by atoms with Gasteiger partial charge in [-0.1, -0.05) is 11.6 Å². The van der Waals surface area contributed by atoms with E-state index >= 15 is 0 Å². The Hall–Kier alpha value is -3.58. The second-order valence-electron chi connectivity index (χ2n) is 5.90. The van der Waals surface area contributed by atoms with Crippen LogP contribution in [-0.4, -0.2) is 22.1 Å². The number of pyridine rings is 1. The average Bonchev–Trinajstić information content (AvgIpc) is 2.75. The van der Waals surface area contributed by atoms with Crippen molar-refractivity contribution in [1.29, 1.82) is 0 Å². The van der Waals surface area contributed by atoms with E-state index in [-0.39, 0.29) is 5.69 Å². The summed E-state index contributed by atoms with van der Waals surface area (Å²) < 4.78 is 5.33. The van der Waals surface area contributed by atoms with Crippen LogP contribution in [0.15, 0.2) is 66.1 Å². The molecule has 0 aliphatic carbocycles. The molecular weight excluding hydrogens is 378 g/mol. The van der Waals surface area contributed by atoms with Crippen molar-refractivity contribution in [2.75, 3.05) is 12.4 Å². The van der Waals surface area contributed by atoms with Crippen LogP contribution < -0.4 is 10.1 Å². The topological polar surface area (TPSA) is 89.4 Å². The molecule has 0 radical (unpaired) electrons. The van der Waals surface area contributed by atoms with Gasteiger partial charge in [0.25, 0.3) is 0 Å². The highest BCUT2D eigenvalue weighted by Gasteiger charge is 2.13. The highest BCUT2D eigenvalue weighted by atomic mass is 35.5. The Morgan fingerprint density at radius 1 is 1.11 bits per heavy atom. The number of benzene rings is 2. The smallest absolute Gasteiger partial charge is 0.163 e. The molecular formula is C20H14ClN5O2. The molecule has 2 heterocycles.